The Hall–Kier alpha value is -2.35. The van der Waals surface area contributed by atoms with Gasteiger partial charge in [-0.15, -0.1) is 0 Å². The van der Waals surface area contributed by atoms with Crippen LogP contribution in [-0.4, -0.2) is 55.1 Å². The molecule has 0 spiro atoms. The van der Waals surface area contributed by atoms with Crippen LogP contribution in [-0.2, 0) is 11.0 Å². The molecule has 178 valence electrons. The molecule has 3 heterocycles. The van der Waals surface area contributed by atoms with Gasteiger partial charge in [0.05, 0.1) is 11.1 Å². The second-order valence-electron chi connectivity index (χ2n) is 10.4. The number of pyridine rings is 1. The molecule has 0 radical (unpaired) electrons. The lowest BCUT2D eigenvalue weighted by molar-refractivity contribution is -0.136. The van der Waals surface area contributed by atoms with Crippen molar-refractivity contribution in [1.29, 1.82) is 0 Å². The Labute approximate surface area is 192 Å². The van der Waals surface area contributed by atoms with Gasteiger partial charge in [0.15, 0.2) is 0 Å². The number of amides is 1. The molecule has 5 atom stereocenters. The molecule has 1 amide bonds. The highest BCUT2D eigenvalue weighted by Crippen LogP contribution is 2.47. The molecule has 5 rings (SSSR count). The van der Waals surface area contributed by atoms with Gasteiger partial charge in [0.25, 0.3) is 0 Å². The first-order valence-corrected chi connectivity index (χ1v) is 11.9. The summed E-state index contributed by atoms with van der Waals surface area (Å²) in [4.78, 5) is 21.4. The second-order valence-corrected chi connectivity index (χ2v) is 10.4. The molecule has 1 saturated carbocycles. The van der Waals surface area contributed by atoms with Gasteiger partial charge in [-0.25, -0.2) is 0 Å². The minimum absolute atomic E-state index is 0.0159. The molecular formula is C25H31F3N4O. The Morgan fingerprint density at radius 3 is 2.61 bits per heavy atom. The third-order valence-corrected chi connectivity index (χ3v) is 7.75. The molecule has 2 bridgehead atoms. The minimum atomic E-state index is -4.45. The SMILES string of the molecule is C[C@H]1CC(NC(=O)C[C@H]2C3C[C@@H]2CN(C)C3)CN(c2ccc(C(F)(F)F)c3ncccc23)C1. The first kappa shape index (κ1) is 22.4. The highest BCUT2D eigenvalue weighted by atomic mass is 19.4. The molecule has 1 aromatic carbocycles. The predicted octanol–water partition coefficient (Wildman–Crippen LogP) is 4.17. The monoisotopic (exact) mass is 460 g/mol. The summed E-state index contributed by atoms with van der Waals surface area (Å²) in [6.45, 7) is 5.62. The fourth-order valence-corrected chi connectivity index (χ4v) is 6.37. The molecule has 5 nitrogen and oxygen atoms in total. The molecule has 3 fully saturated rings. The quantitative estimate of drug-likeness (QED) is 0.744. The molecule has 8 heteroatoms. The van der Waals surface area contributed by atoms with Crippen molar-refractivity contribution in [3.8, 4) is 0 Å². The smallest absolute Gasteiger partial charge is 0.369 e. The molecule has 2 unspecified atom stereocenters. The Morgan fingerprint density at radius 1 is 1.12 bits per heavy atom. The van der Waals surface area contributed by atoms with Gasteiger partial charge in [0.2, 0.25) is 5.91 Å². The van der Waals surface area contributed by atoms with Crippen molar-refractivity contribution in [3.63, 3.8) is 0 Å². The molecule has 1 aliphatic carbocycles. The van der Waals surface area contributed by atoms with Crippen molar-refractivity contribution in [1.82, 2.24) is 15.2 Å². The zero-order valence-corrected chi connectivity index (χ0v) is 19.1. The van der Waals surface area contributed by atoms with Crippen molar-refractivity contribution in [3.05, 3.63) is 36.0 Å². The summed E-state index contributed by atoms with van der Waals surface area (Å²) in [5, 5.41) is 3.74. The summed E-state index contributed by atoms with van der Waals surface area (Å²) >= 11 is 0. The summed E-state index contributed by atoms with van der Waals surface area (Å²) < 4.78 is 40.5. The maximum atomic E-state index is 13.5. The lowest BCUT2D eigenvalue weighted by Crippen LogP contribution is -2.56. The van der Waals surface area contributed by atoms with Gasteiger partial charge in [-0.1, -0.05) is 6.92 Å². The number of carbonyl (C=O) groups excluding carboxylic acids is 1. The zero-order chi connectivity index (χ0) is 23.3. The highest BCUT2D eigenvalue weighted by molar-refractivity contribution is 5.94. The third kappa shape index (κ3) is 4.42. The van der Waals surface area contributed by atoms with Crippen LogP contribution < -0.4 is 10.2 Å². The normalized spacial score (nSPS) is 30.2. The van der Waals surface area contributed by atoms with E-state index in [0.29, 0.717) is 42.0 Å². The Morgan fingerprint density at radius 2 is 1.88 bits per heavy atom. The van der Waals surface area contributed by atoms with Crippen molar-refractivity contribution < 1.29 is 18.0 Å². The van der Waals surface area contributed by atoms with Crippen LogP contribution in [0.5, 0.6) is 0 Å². The van der Waals surface area contributed by atoms with Crippen LogP contribution in [0.4, 0.5) is 18.9 Å². The van der Waals surface area contributed by atoms with Crippen LogP contribution in [0.25, 0.3) is 10.9 Å². The van der Waals surface area contributed by atoms with E-state index < -0.39 is 11.7 Å². The maximum Gasteiger partial charge on any atom is 0.418 e. The molecule has 2 aliphatic heterocycles. The molecule has 1 N–H and O–H groups in total. The highest BCUT2D eigenvalue weighted by Gasteiger charge is 2.46. The van der Waals surface area contributed by atoms with Crippen LogP contribution in [0.2, 0.25) is 0 Å². The largest absolute Gasteiger partial charge is 0.418 e. The number of nitrogens with zero attached hydrogens (tertiary/aromatic N) is 3. The lowest BCUT2D eigenvalue weighted by Gasteiger charge is -2.53. The maximum absolute atomic E-state index is 13.5. The number of hydrogen-bond donors (Lipinski definition) is 1. The number of hydrogen-bond acceptors (Lipinski definition) is 4. The van der Waals surface area contributed by atoms with E-state index in [-0.39, 0.29) is 17.5 Å². The Bertz CT molecular complexity index is 1030. The number of aromatic nitrogens is 1. The summed E-state index contributed by atoms with van der Waals surface area (Å²) in [7, 11) is 2.15. The van der Waals surface area contributed by atoms with E-state index in [9.17, 15) is 18.0 Å². The van der Waals surface area contributed by atoms with E-state index in [1.54, 1.807) is 18.2 Å². The van der Waals surface area contributed by atoms with E-state index in [1.165, 1.54) is 12.6 Å². The molecule has 2 aromatic rings. The number of carbonyl (C=O) groups is 1. The van der Waals surface area contributed by atoms with Gasteiger partial charge < -0.3 is 15.1 Å². The number of halogens is 3. The van der Waals surface area contributed by atoms with E-state index in [4.69, 9.17) is 0 Å². The first-order chi connectivity index (χ1) is 15.7. The summed E-state index contributed by atoms with van der Waals surface area (Å²) in [6.07, 6.45) is -0.353. The van der Waals surface area contributed by atoms with Crippen molar-refractivity contribution in [2.75, 3.05) is 38.1 Å². The fraction of sp³-hybridized carbons (Fsp3) is 0.600. The topological polar surface area (TPSA) is 48.5 Å². The van der Waals surface area contributed by atoms with Crippen LogP contribution in [0, 0.1) is 23.7 Å². The van der Waals surface area contributed by atoms with Crippen molar-refractivity contribution in [2.45, 2.75) is 38.4 Å². The fourth-order valence-electron chi connectivity index (χ4n) is 6.37. The Balaban J connectivity index is 1.30. The van der Waals surface area contributed by atoms with Crippen LogP contribution >= 0.6 is 0 Å². The number of anilines is 1. The molecule has 33 heavy (non-hydrogen) atoms. The van der Waals surface area contributed by atoms with Gasteiger partial charge in [-0.05, 0) is 67.8 Å². The van der Waals surface area contributed by atoms with E-state index in [0.717, 1.165) is 37.8 Å². The number of likely N-dealkylation sites (tertiary alicyclic amines) is 1. The Kier molecular flexibility index (Phi) is 5.75. The first-order valence-electron chi connectivity index (χ1n) is 11.9. The van der Waals surface area contributed by atoms with Crippen molar-refractivity contribution >= 4 is 22.5 Å². The number of fused-ring (bicyclic) bond motifs is 3. The van der Waals surface area contributed by atoms with Gasteiger partial charge in [-0.3, -0.25) is 9.78 Å². The second kappa shape index (κ2) is 8.46. The van der Waals surface area contributed by atoms with Gasteiger partial charge >= 0.3 is 6.18 Å². The third-order valence-electron chi connectivity index (χ3n) is 7.75. The summed E-state index contributed by atoms with van der Waals surface area (Å²) in [6, 6.07) is 6.04. The van der Waals surface area contributed by atoms with Crippen LogP contribution in [0.1, 0.15) is 31.7 Å². The lowest BCUT2D eigenvalue weighted by atomic mass is 9.60. The van der Waals surface area contributed by atoms with Gasteiger partial charge in [-0.2, -0.15) is 13.2 Å². The van der Waals surface area contributed by atoms with Crippen LogP contribution in [0.3, 0.4) is 0 Å². The van der Waals surface area contributed by atoms with Crippen molar-refractivity contribution in [2.24, 2.45) is 23.7 Å². The van der Waals surface area contributed by atoms with E-state index in [2.05, 4.69) is 34.1 Å². The summed E-state index contributed by atoms with van der Waals surface area (Å²) in [5.41, 5.74) is 0.00437. The van der Waals surface area contributed by atoms with E-state index in [1.807, 2.05) is 0 Å². The number of alkyl halides is 3. The summed E-state index contributed by atoms with van der Waals surface area (Å²) in [5.74, 6) is 2.18. The average molecular weight is 461 g/mol. The number of nitrogens with one attached hydrogen (secondary N) is 1. The van der Waals surface area contributed by atoms with Crippen LogP contribution in [0.15, 0.2) is 30.5 Å². The minimum Gasteiger partial charge on any atom is -0.369 e. The standard InChI is InChI=1S/C25H31F3N4O/c1-15-8-18(30-23(33)10-20-16-9-17(20)13-31(2)12-16)14-32(11-15)22-6-5-21(25(26,27)28)24-19(22)4-3-7-29-24/h3-7,15-18,20H,8-14H2,1-2H3,(H,30,33)/t15-,16+,17?,18?,20+/m0/s1. The molecular weight excluding hydrogens is 429 g/mol. The zero-order valence-electron chi connectivity index (χ0n) is 19.1. The van der Waals surface area contributed by atoms with E-state index >= 15 is 0 Å². The van der Waals surface area contributed by atoms with Gasteiger partial charge in [0.1, 0.15) is 0 Å². The predicted molar refractivity (Wildman–Crippen MR) is 122 cm³/mol. The number of rotatable bonds is 4. The molecule has 2 saturated heterocycles. The molecule has 1 aromatic heterocycles. The number of piperidine rings is 3. The van der Waals surface area contributed by atoms with Gasteiger partial charge in [0, 0.05) is 55.9 Å². The number of benzene rings is 1. The average Bonchev–Trinajstić information content (AvgIpc) is 2.75. The molecule has 3 aliphatic rings.